The summed E-state index contributed by atoms with van der Waals surface area (Å²) in [5, 5.41) is 10.7. The lowest BCUT2D eigenvalue weighted by atomic mass is 10.1. The molecule has 0 saturated carbocycles. The zero-order valence-electron chi connectivity index (χ0n) is 12.5. The van der Waals surface area contributed by atoms with Gasteiger partial charge in [0, 0.05) is 30.8 Å². The van der Waals surface area contributed by atoms with Gasteiger partial charge in [0.15, 0.2) is 5.78 Å². The number of nitro groups is 1. The van der Waals surface area contributed by atoms with Crippen molar-refractivity contribution in [2.45, 2.75) is 6.42 Å². The first kappa shape index (κ1) is 15.6. The molecule has 1 heterocycles. The Morgan fingerprint density at radius 1 is 1.52 bits per heavy atom. The second kappa shape index (κ2) is 6.78. The van der Waals surface area contributed by atoms with E-state index in [1.807, 2.05) is 11.9 Å². The van der Waals surface area contributed by atoms with E-state index in [0.717, 1.165) is 26.1 Å². The fourth-order valence-corrected chi connectivity index (χ4v) is 2.81. The van der Waals surface area contributed by atoms with Gasteiger partial charge in [0.25, 0.3) is 5.69 Å². The second-order valence-corrected chi connectivity index (χ2v) is 5.84. The van der Waals surface area contributed by atoms with Crippen LogP contribution in [0.4, 0.5) is 5.69 Å². The summed E-state index contributed by atoms with van der Waals surface area (Å²) in [6.07, 6.45) is 1.16. The lowest BCUT2D eigenvalue weighted by Gasteiger charge is -2.20. The van der Waals surface area contributed by atoms with Crippen molar-refractivity contribution in [3.63, 3.8) is 0 Å². The number of rotatable bonds is 6. The Labute approximate surface area is 124 Å². The smallest absolute Gasteiger partial charge is 0.270 e. The first-order chi connectivity index (χ1) is 9.95. The van der Waals surface area contributed by atoms with Crippen molar-refractivity contribution in [3.05, 3.63) is 39.9 Å². The van der Waals surface area contributed by atoms with Crippen LogP contribution in [-0.2, 0) is 0 Å². The van der Waals surface area contributed by atoms with Crippen molar-refractivity contribution >= 4 is 11.5 Å². The Hall–Kier alpha value is -1.79. The van der Waals surface area contributed by atoms with E-state index in [-0.39, 0.29) is 11.5 Å². The van der Waals surface area contributed by atoms with Gasteiger partial charge in [-0.25, -0.2) is 0 Å². The number of carbonyl (C=O) groups is 1. The monoisotopic (exact) mass is 291 g/mol. The highest BCUT2D eigenvalue weighted by Crippen LogP contribution is 2.16. The molecule has 2 rings (SSSR count). The molecule has 1 aromatic carbocycles. The molecular formula is C15H21N3O3. The summed E-state index contributed by atoms with van der Waals surface area (Å²) in [7, 11) is 4.03. The lowest BCUT2D eigenvalue weighted by Crippen LogP contribution is -2.31. The fraction of sp³-hybridized carbons (Fsp3) is 0.533. The van der Waals surface area contributed by atoms with E-state index in [2.05, 4.69) is 11.9 Å². The number of non-ortho nitro benzene ring substituents is 1. The largest absolute Gasteiger partial charge is 0.306 e. The topological polar surface area (TPSA) is 66.7 Å². The van der Waals surface area contributed by atoms with Crippen LogP contribution in [0.3, 0.4) is 0 Å². The number of likely N-dealkylation sites (N-methyl/N-ethyl adjacent to an activating group) is 1. The number of likely N-dealkylation sites (tertiary alicyclic amines) is 1. The maximum absolute atomic E-state index is 12.2. The second-order valence-electron chi connectivity index (χ2n) is 5.84. The summed E-state index contributed by atoms with van der Waals surface area (Å²) in [5.41, 5.74) is 0.362. The zero-order chi connectivity index (χ0) is 15.4. The molecule has 1 fully saturated rings. The number of ketones is 1. The number of hydrogen-bond donors (Lipinski definition) is 0. The Morgan fingerprint density at radius 2 is 2.29 bits per heavy atom. The molecule has 0 radical (unpaired) electrons. The van der Waals surface area contributed by atoms with E-state index in [1.54, 1.807) is 12.1 Å². The summed E-state index contributed by atoms with van der Waals surface area (Å²) < 4.78 is 0. The van der Waals surface area contributed by atoms with Crippen LogP contribution in [-0.4, -0.2) is 60.8 Å². The van der Waals surface area contributed by atoms with Crippen LogP contribution in [0.25, 0.3) is 0 Å². The molecule has 0 spiro atoms. The predicted molar refractivity (Wildman–Crippen MR) is 80.5 cm³/mol. The first-order valence-electron chi connectivity index (χ1n) is 7.10. The summed E-state index contributed by atoms with van der Waals surface area (Å²) in [5.74, 6) is 0.519. The highest BCUT2D eigenvalue weighted by atomic mass is 16.6. The van der Waals surface area contributed by atoms with Crippen molar-refractivity contribution in [3.8, 4) is 0 Å². The van der Waals surface area contributed by atoms with Gasteiger partial charge >= 0.3 is 0 Å². The van der Waals surface area contributed by atoms with Gasteiger partial charge in [0.05, 0.1) is 11.5 Å². The van der Waals surface area contributed by atoms with Gasteiger partial charge in [-0.05, 0) is 33.0 Å². The molecule has 0 amide bonds. The van der Waals surface area contributed by atoms with Gasteiger partial charge in [0.1, 0.15) is 0 Å². The van der Waals surface area contributed by atoms with E-state index in [1.165, 1.54) is 12.1 Å². The zero-order valence-corrected chi connectivity index (χ0v) is 12.5. The molecule has 0 bridgehead atoms. The van der Waals surface area contributed by atoms with Crippen molar-refractivity contribution in [1.82, 2.24) is 9.80 Å². The molecule has 0 aliphatic carbocycles. The molecule has 6 nitrogen and oxygen atoms in total. The number of benzene rings is 1. The number of Topliss-reactive ketones (excluding diaryl/α,β-unsaturated/α-hetero) is 1. The van der Waals surface area contributed by atoms with Crippen LogP contribution in [0.15, 0.2) is 24.3 Å². The normalized spacial score (nSPS) is 19.1. The van der Waals surface area contributed by atoms with Crippen LogP contribution in [0.2, 0.25) is 0 Å². The quantitative estimate of drug-likeness (QED) is 0.453. The van der Waals surface area contributed by atoms with Crippen molar-refractivity contribution in [2.24, 2.45) is 5.92 Å². The summed E-state index contributed by atoms with van der Waals surface area (Å²) >= 11 is 0. The van der Waals surface area contributed by atoms with Gasteiger partial charge < -0.3 is 4.90 Å². The third kappa shape index (κ3) is 4.34. The van der Waals surface area contributed by atoms with E-state index < -0.39 is 4.92 Å². The average Bonchev–Trinajstić information content (AvgIpc) is 2.83. The molecule has 1 aliphatic heterocycles. The maximum Gasteiger partial charge on any atom is 0.270 e. The van der Waals surface area contributed by atoms with Crippen LogP contribution < -0.4 is 0 Å². The summed E-state index contributed by atoms with van der Waals surface area (Å²) in [6.45, 7) is 3.35. The number of carbonyl (C=O) groups excluding carboxylic acids is 1. The van der Waals surface area contributed by atoms with Crippen LogP contribution in [0, 0.1) is 16.0 Å². The number of nitro benzene ring substituents is 1. The SMILES string of the molecule is CN1CCC(CN(C)CC(=O)c2cccc([N+](=O)[O-])c2)C1. The van der Waals surface area contributed by atoms with Gasteiger partial charge in [0.2, 0.25) is 0 Å². The molecule has 6 heteroatoms. The maximum atomic E-state index is 12.2. The van der Waals surface area contributed by atoms with E-state index >= 15 is 0 Å². The number of hydrogen-bond acceptors (Lipinski definition) is 5. The fourth-order valence-electron chi connectivity index (χ4n) is 2.81. The third-order valence-electron chi connectivity index (χ3n) is 3.85. The Bertz CT molecular complexity index is 533. The van der Waals surface area contributed by atoms with Gasteiger partial charge in [-0.2, -0.15) is 0 Å². The van der Waals surface area contributed by atoms with Gasteiger partial charge in [-0.15, -0.1) is 0 Å². The molecular weight excluding hydrogens is 270 g/mol. The Balaban J connectivity index is 1.91. The lowest BCUT2D eigenvalue weighted by molar-refractivity contribution is -0.384. The Morgan fingerprint density at radius 3 is 2.90 bits per heavy atom. The van der Waals surface area contributed by atoms with Crippen LogP contribution in [0.5, 0.6) is 0 Å². The van der Waals surface area contributed by atoms with Crippen LogP contribution >= 0.6 is 0 Å². The molecule has 0 aromatic heterocycles. The average molecular weight is 291 g/mol. The molecule has 114 valence electrons. The molecule has 1 unspecified atom stereocenters. The number of nitrogens with zero attached hydrogens (tertiary/aromatic N) is 3. The highest BCUT2D eigenvalue weighted by molar-refractivity contribution is 5.98. The minimum atomic E-state index is -0.477. The Kier molecular flexibility index (Phi) is 5.03. The van der Waals surface area contributed by atoms with Crippen molar-refractivity contribution in [2.75, 3.05) is 40.3 Å². The molecule has 1 saturated heterocycles. The molecule has 1 atom stereocenters. The highest BCUT2D eigenvalue weighted by Gasteiger charge is 2.22. The summed E-state index contributed by atoms with van der Waals surface area (Å²) in [6, 6.07) is 5.93. The molecule has 1 aliphatic rings. The third-order valence-corrected chi connectivity index (χ3v) is 3.85. The van der Waals surface area contributed by atoms with Gasteiger partial charge in [-0.1, -0.05) is 12.1 Å². The molecule has 21 heavy (non-hydrogen) atoms. The molecule has 0 N–H and O–H groups in total. The van der Waals surface area contributed by atoms with E-state index in [0.29, 0.717) is 18.0 Å². The van der Waals surface area contributed by atoms with E-state index in [9.17, 15) is 14.9 Å². The van der Waals surface area contributed by atoms with Crippen molar-refractivity contribution in [1.29, 1.82) is 0 Å². The van der Waals surface area contributed by atoms with Crippen molar-refractivity contribution < 1.29 is 9.72 Å². The minimum absolute atomic E-state index is 0.0408. The van der Waals surface area contributed by atoms with Gasteiger partial charge in [-0.3, -0.25) is 19.8 Å². The summed E-state index contributed by atoms with van der Waals surface area (Å²) in [4.78, 5) is 26.8. The first-order valence-corrected chi connectivity index (χ1v) is 7.10. The molecule has 1 aromatic rings. The standard InChI is InChI=1S/C15H21N3O3/c1-16-7-6-12(9-16)10-17(2)11-15(19)13-4-3-5-14(8-13)18(20)21/h3-5,8,12H,6-7,9-11H2,1-2H3. The van der Waals surface area contributed by atoms with E-state index in [4.69, 9.17) is 0 Å². The van der Waals surface area contributed by atoms with Crippen LogP contribution in [0.1, 0.15) is 16.8 Å². The minimum Gasteiger partial charge on any atom is -0.306 e. The predicted octanol–water partition coefficient (Wildman–Crippen LogP) is 1.66.